The molecule has 0 atom stereocenters. The molecule has 0 aromatic heterocycles. The number of ether oxygens (including phenoxy) is 1. The third-order valence-corrected chi connectivity index (χ3v) is 5.19. The van der Waals surface area contributed by atoms with Crippen molar-refractivity contribution in [2.45, 2.75) is 17.2 Å². The minimum absolute atomic E-state index is 0.172. The van der Waals surface area contributed by atoms with E-state index in [0.717, 1.165) is 0 Å². The number of sulfonamides is 1. The van der Waals surface area contributed by atoms with E-state index in [1.54, 1.807) is 13.2 Å². The number of nitrogens with zero attached hydrogens (tertiary/aromatic N) is 1. The van der Waals surface area contributed by atoms with E-state index < -0.39 is 10.0 Å². The van der Waals surface area contributed by atoms with Gasteiger partial charge in [0.2, 0.25) is 10.0 Å². The maximum absolute atomic E-state index is 12.3. The van der Waals surface area contributed by atoms with Crippen LogP contribution in [0.5, 0.6) is 0 Å². The average molecular weight is 326 g/mol. The molecule has 7 heteroatoms. The summed E-state index contributed by atoms with van der Waals surface area (Å²) in [6.07, 6.45) is 0.639. The Labute approximate surface area is 124 Å². The number of hydrogen-bond acceptors (Lipinski definition) is 3. The molecule has 1 aromatic carbocycles. The van der Waals surface area contributed by atoms with Crippen molar-refractivity contribution in [1.29, 1.82) is 0 Å². The first-order chi connectivity index (χ1) is 8.93. The van der Waals surface area contributed by atoms with Crippen LogP contribution >= 0.6 is 23.2 Å². The summed E-state index contributed by atoms with van der Waals surface area (Å²) in [6, 6.07) is 4.58. The summed E-state index contributed by atoms with van der Waals surface area (Å²) in [6.45, 7) is 0.914. The van der Waals surface area contributed by atoms with E-state index in [1.807, 2.05) is 0 Å². The van der Waals surface area contributed by atoms with Crippen molar-refractivity contribution in [3.63, 3.8) is 0 Å². The Hall–Kier alpha value is -0.330. The molecule has 108 valence electrons. The number of alkyl halides is 1. The molecule has 1 rings (SSSR count). The van der Waals surface area contributed by atoms with Crippen molar-refractivity contribution in [2.24, 2.45) is 0 Å². The fourth-order valence-electron chi connectivity index (χ4n) is 1.53. The smallest absolute Gasteiger partial charge is 0.242 e. The highest BCUT2D eigenvalue weighted by Gasteiger charge is 2.21. The van der Waals surface area contributed by atoms with Crippen molar-refractivity contribution in [1.82, 2.24) is 4.31 Å². The number of rotatable bonds is 7. The molecular formula is C12H17Cl2NO3S. The van der Waals surface area contributed by atoms with E-state index in [2.05, 4.69) is 0 Å². The van der Waals surface area contributed by atoms with Crippen LogP contribution in [0.25, 0.3) is 0 Å². The lowest BCUT2D eigenvalue weighted by molar-refractivity contribution is 0.189. The van der Waals surface area contributed by atoms with Gasteiger partial charge in [-0.3, -0.25) is 0 Å². The van der Waals surface area contributed by atoms with Gasteiger partial charge in [-0.2, -0.15) is 0 Å². The maximum Gasteiger partial charge on any atom is 0.242 e. The van der Waals surface area contributed by atoms with Gasteiger partial charge in [-0.1, -0.05) is 17.7 Å². The molecule has 0 spiro atoms. The SMILES string of the molecule is COCCCN(C)S(=O)(=O)c1ccc(CCl)c(Cl)c1. The first kappa shape index (κ1) is 16.7. The molecule has 0 saturated carbocycles. The fourth-order valence-corrected chi connectivity index (χ4v) is 3.38. The average Bonchev–Trinajstić information content (AvgIpc) is 2.38. The summed E-state index contributed by atoms with van der Waals surface area (Å²) in [5.41, 5.74) is 0.712. The van der Waals surface area contributed by atoms with E-state index in [1.165, 1.54) is 23.5 Å². The van der Waals surface area contributed by atoms with Gasteiger partial charge >= 0.3 is 0 Å². The first-order valence-electron chi connectivity index (χ1n) is 5.73. The zero-order valence-corrected chi connectivity index (χ0v) is 13.2. The standard InChI is InChI=1S/C12H17Cl2NO3S/c1-15(6-3-7-18-2)19(16,17)11-5-4-10(9-13)12(14)8-11/h4-5,8H,3,6-7,9H2,1-2H3. The summed E-state index contributed by atoms with van der Waals surface area (Å²) < 4.78 is 30.7. The van der Waals surface area contributed by atoms with Crippen molar-refractivity contribution in [2.75, 3.05) is 27.3 Å². The van der Waals surface area contributed by atoms with Crippen LogP contribution in [0.4, 0.5) is 0 Å². The lowest BCUT2D eigenvalue weighted by Gasteiger charge is -2.17. The van der Waals surface area contributed by atoms with Crippen LogP contribution in [-0.4, -0.2) is 40.0 Å². The molecule has 0 fully saturated rings. The van der Waals surface area contributed by atoms with Gasteiger partial charge in [-0.05, 0) is 24.1 Å². The lowest BCUT2D eigenvalue weighted by atomic mass is 10.2. The second kappa shape index (κ2) is 7.45. The Bertz CT molecular complexity index is 520. The quantitative estimate of drug-likeness (QED) is 0.572. The van der Waals surface area contributed by atoms with Gasteiger partial charge in [0.15, 0.2) is 0 Å². The van der Waals surface area contributed by atoms with E-state index in [9.17, 15) is 8.42 Å². The van der Waals surface area contributed by atoms with Crippen LogP contribution in [0.2, 0.25) is 5.02 Å². The molecule has 0 heterocycles. The summed E-state index contributed by atoms with van der Waals surface area (Å²) in [5.74, 6) is 0.253. The molecule has 0 aliphatic heterocycles. The number of methoxy groups -OCH3 is 1. The predicted octanol–water partition coefficient (Wildman–Crippen LogP) is 2.74. The van der Waals surface area contributed by atoms with Crippen LogP contribution in [0.3, 0.4) is 0 Å². The molecule has 0 radical (unpaired) electrons. The van der Waals surface area contributed by atoms with Gasteiger partial charge in [0.1, 0.15) is 0 Å². The number of hydrogen-bond donors (Lipinski definition) is 0. The Balaban J connectivity index is 2.90. The van der Waals surface area contributed by atoms with E-state index in [-0.39, 0.29) is 10.8 Å². The summed E-state index contributed by atoms with van der Waals surface area (Å²) in [5, 5.41) is 0.362. The fraction of sp³-hybridized carbons (Fsp3) is 0.500. The normalized spacial score (nSPS) is 12.1. The second-order valence-electron chi connectivity index (χ2n) is 4.06. The van der Waals surface area contributed by atoms with E-state index in [4.69, 9.17) is 27.9 Å². The van der Waals surface area contributed by atoms with E-state index in [0.29, 0.717) is 30.2 Å². The Kier molecular flexibility index (Phi) is 6.56. The number of benzene rings is 1. The molecule has 0 aliphatic carbocycles. The van der Waals surface area contributed by atoms with Gasteiger partial charge < -0.3 is 4.74 Å². The first-order valence-corrected chi connectivity index (χ1v) is 8.08. The topological polar surface area (TPSA) is 46.6 Å². The molecular weight excluding hydrogens is 309 g/mol. The van der Waals surface area contributed by atoms with Crippen molar-refractivity contribution in [3.8, 4) is 0 Å². The van der Waals surface area contributed by atoms with Gasteiger partial charge in [0.05, 0.1) is 4.90 Å². The Morgan fingerprint density at radius 1 is 1.37 bits per heavy atom. The molecule has 19 heavy (non-hydrogen) atoms. The zero-order chi connectivity index (χ0) is 14.5. The van der Waals surface area contributed by atoms with Crippen molar-refractivity contribution >= 4 is 33.2 Å². The third kappa shape index (κ3) is 4.33. The lowest BCUT2D eigenvalue weighted by Crippen LogP contribution is -2.28. The molecule has 0 unspecified atom stereocenters. The zero-order valence-electron chi connectivity index (χ0n) is 10.9. The molecule has 0 bridgehead atoms. The van der Waals surface area contributed by atoms with Crippen LogP contribution in [0.1, 0.15) is 12.0 Å². The second-order valence-corrected chi connectivity index (χ2v) is 6.78. The highest BCUT2D eigenvalue weighted by Crippen LogP contribution is 2.24. The van der Waals surface area contributed by atoms with Gasteiger partial charge in [0.25, 0.3) is 0 Å². The van der Waals surface area contributed by atoms with Crippen molar-refractivity contribution in [3.05, 3.63) is 28.8 Å². The monoisotopic (exact) mass is 325 g/mol. The van der Waals surface area contributed by atoms with Gasteiger partial charge in [-0.15, -0.1) is 11.6 Å². The molecule has 0 N–H and O–H groups in total. The highest BCUT2D eigenvalue weighted by atomic mass is 35.5. The van der Waals surface area contributed by atoms with Gasteiger partial charge in [0, 0.05) is 38.2 Å². The van der Waals surface area contributed by atoms with E-state index >= 15 is 0 Å². The molecule has 0 amide bonds. The Morgan fingerprint density at radius 3 is 2.58 bits per heavy atom. The Morgan fingerprint density at radius 2 is 2.05 bits per heavy atom. The molecule has 0 saturated heterocycles. The minimum atomic E-state index is -3.52. The molecule has 0 aliphatic rings. The van der Waals surface area contributed by atoms with Crippen LogP contribution in [0.15, 0.2) is 23.1 Å². The number of halogens is 2. The van der Waals surface area contributed by atoms with Crippen LogP contribution in [0, 0.1) is 0 Å². The summed E-state index contributed by atoms with van der Waals surface area (Å²) in [4.78, 5) is 0.172. The molecule has 1 aromatic rings. The molecule has 4 nitrogen and oxygen atoms in total. The third-order valence-electron chi connectivity index (χ3n) is 2.70. The van der Waals surface area contributed by atoms with Crippen LogP contribution in [-0.2, 0) is 20.6 Å². The maximum atomic E-state index is 12.3. The summed E-state index contributed by atoms with van der Waals surface area (Å²) >= 11 is 11.7. The van der Waals surface area contributed by atoms with Gasteiger partial charge in [-0.25, -0.2) is 12.7 Å². The van der Waals surface area contributed by atoms with Crippen LogP contribution < -0.4 is 0 Å². The van der Waals surface area contributed by atoms with Crippen molar-refractivity contribution < 1.29 is 13.2 Å². The largest absolute Gasteiger partial charge is 0.385 e. The predicted molar refractivity (Wildman–Crippen MR) is 77.3 cm³/mol. The highest BCUT2D eigenvalue weighted by molar-refractivity contribution is 7.89. The summed E-state index contributed by atoms with van der Waals surface area (Å²) in [7, 11) is -0.398. The minimum Gasteiger partial charge on any atom is -0.385 e.